The summed E-state index contributed by atoms with van der Waals surface area (Å²) in [6.45, 7) is 5.10. The van der Waals surface area contributed by atoms with Crippen LogP contribution >= 0.6 is 0 Å². The molecule has 0 saturated carbocycles. The Balaban J connectivity index is 1.15. The fourth-order valence-corrected chi connectivity index (χ4v) is 4.65. The van der Waals surface area contributed by atoms with Crippen LogP contribution in [0.5, 0.6) is 0 Å². The number of pyridine rings is 1. The maximum atomic E-state index is 12.5. The first kappa shape index (κ1) is 25.0. The van der Waals surface area contributed by atoms with Crippen molar-refractivity contribution in [1.29, 1.82) is 0 Å². The van der Waals surface area contributed by atoms with Crippen molar-refractivity contribution in [2.45, 2.75) is 13.0 Å². The first-order chi connectivity index (χ1) is 18.4. The Morgan fingerprint density at radius 2 is 1.68 bits per heavy atom. The molecular formula is C27H28N6O5. The smallest absolute Gasteiger partial charge is 0.414 e. The van der Waals surface area contributed by atoms with E-state index in [1.54, 1.807) is 29.3 Å². The third-order valence-corrected chi connectivity index (χ3v) is 6.75. The topological polar surface area (TPSA) is 121 Å². The molecule has 2 aliphatic rings. The third kappa shape index (κ3) is 5.36. The van der Waals surface area contributed by atoms with Crippen LogP contribution in [0, 0.1) is 17.0 Å². The van der Waals surface area contributed by atoms with Crippen molar-refractivity contribution in [3.63, 3.8) is 0 Å². The molecule has 1 N–H and O–H groups in total. The van der Waals surface area contributed by atoms with Gasteiger partial charge in [0, 0.05) is 55.4 Å². The molecule has 2 amide bonds. The van der Waals surface area contributed by atoms with Crippen LogP contribution < -0.4 is 20.0 Å². The molecule has 5 rings (SSSR count). The van der Waals surface area contributed by atoms with Crippen LogP contribution in [0.15, 0.2) is 66.9 Å². The van der Waals surface area contributed by atoms with Gasteiger partial charge >= 0.3 is 11.8 Å². The highest BCUT2D eigenvalue weighted by molar-refractivity contribution is 5.94. The molecule has 0 spiro atoms. The molecule has 3 aromatic rings. The van der Waals surface area contributed by atoms with Crippen molar-refractivity contribution < 1.29 is 19.2 Å². The molecule has 3 heterocycles. The van der Waals surface area contributed by atoms with E-state index < -0.39 is 17.1 Å². The van der Waals surface area contributed by atoms with E-state index in [2.05, 4.69) is 15.2 Å². The van der Waals surface area contributed by atoms with Crippen LogP contribution in [0.4, 0.5) is 27.7 Å². The Morgan fingerprint density at radius 3 is 2.37 bits per heavy atom. The highest BCUT2D eigenvalue weighted by Crippen LogP contribution is 2.28. The predicted molar refractivity (Wildman–Crippen MR) is 143 cm³/mol. The van der Waals surface area contributed by atoms with E-state index in [9.17, 15) is 19.7 Å². The zero-order valence-electron chi connectivity index (χ0n) is 20.9. The van der Waals surface area contributed by atoms with Crippen molar-refractivity contribution in [2.24, 2.45) is 0 Å². The minimum atomic E-state index is -0.446. The number of carbonyl (C=O) groups excluding carboxylic acids is 2. The van der Waals surface area contributed by atoms with Crippen molar-refractivity contribution >= 4 is 34.9 Å². The van der Waals surface area contributed by atoms with Gasteiger partial charge in [0.15, 0.2) is 0 Å². The highest BCUT2D eigenvalue weighted by Gasteiger charge is 2.33. The molecule has 1 aromatic heterocycles. The number of aryl methyl sites for hydroxylation is 1. The van der Waals surface area contributed by atoms with Gasteiger partial charge < -0.3 is 19.9 Å². The fraction of sp³-hybridized carbons (Fsp3) is 0.296. The van der Waals surface area contributed by atoms with Crippen molar-refractivity contribution in [2.75, 3.05) is 54.0 Å². The summed E-state index contributed by atoms with van der Waals surface area (Å²) < 4.78 is 5.46. The minimum absolute atomic E-state index is 0.0100. The number of amides is 2. The zero-order chi connectivity index (χ0) is 26.6. The van der Waals surface area contributed by atoms with Gasteiger partial charge in [-0.05, 0) is 49.4 Å². The molecule has 0 radical (unpaired) electrons. The number of benzene rings is 2. The molecule has 0 bridgehead atoms. The lowest BCUT2D eigenvalue weighted by molar-refractivity contribution is -0.384. The number of carbonyl (C=O) groups is 2. The summed E-state index contributed by atoms with van der Waals surface area (Å²) in [4.78, 5) is 45.7. The summed E-state index contributed by atoms with van der Waals surface area (Å²) in [6.07, 6.45) is 0.678. The van der Waals surface area contributed by atoms with Crippen LogP contribution in [0.25, 0.3) is 0 Å². The number of hydrogen-bond acceptors (Lipinski definition) is 8. The number of piperazine rings is 1. The van der Waals surface area contributed by atoms with E-state index in [4.69, 9.17) is 4.74 Å². The molecule has 0 aliphatic carbocycles. The summed E-state index contributed by atoms with van der Waals surface area (Å²) in [7, 11) is 0. The Labute approximate surface area is 219 Å². The lowest BCUT2D eigenvalue weighted by atomic mass is 10.1. The van der Waals surface area contributed by atoms with Gasteiger partial charge in [-0.2, -0.15) is 0 Å². The van der Waals surface area contributed by atoms with Crippen LogP contribution in [0.2, 0.25) is 0 Å². The molecular weight excluding hydrogens is 488 g/mol. The average molecular weight is 517 g/mol. The second-order valence-electron chi connectivity index (χ2n) is 9.29. The molecule has 1 atom stereocenters. The minimum Gasteiger partial charge on any atom is -0.442 e. The van der Waals surface area contributed by atoms with Crippen molar-refractivity contribution in [1.82, 2.24) is 10.3 Å². The normalized spacial score (nSPS) is 17.3. The van der Waals surface area contributed by atoms with Gasteiger partial charge in [-0.25, -0.2) is 9.78 Å². The summed E-state index contributed by atoms with van der Waals surface area (Å²) in [6, 6.07) is 18.0. The van der Waals surface area contributed by atoms with E-state index in [-0.39, 0.29) is 18.1 Å². The van der Waals surface area contributed by atoms with Crippen LogP contribution in [-0.2, 0) is 4.74 Å². The second kappa shape index (κ2) is 10.8. The number of aromatic nitrogens is 1. The summed E-state index contributed by atoms with van der Waals surface area (Å²) in [5.41, 5.74) is 3.36. The van der Waals surface area contributed by atoms with E-state index in [0.29, 0.717) is 49.8 Å². The van der Waals surface area contributed by atoms with Gasteiger partial charge in [-0.1, -0.05) is 17.7 Å². The third-order valence-electron chi connectivity index (χ3n) is 6.75. The average Bonchev–Trinajstić information content (AvgIpc) is 3.32. The Morgan fingerprint density at radius 1 is 1.03 bits per heavy atom. The van der Waals surface area contributed by atoms with Crippen molar-refractivity contribution in [3.05, 3.63) is 88.1 Å². The van der Waals surface area contributed by atoms with Gasteiger partial charge in [-0.15, -0.1) is 0 Å². The second-order valence-corrected chi connectivity index (χ2v) is 9.29. The molecule has 11 heteroatoms. The standard InChI is InChI=1S/C27H28N6O5/c1-19-4-6-20(7-5-19)26(34)29-17-23-18-32(27(35)38-23)22-10-8-21(9-11-22)30-13-15-31(16-14-30)25-24(33(36)37)3-2-12-28-25/h2-12,23H,13-18H2,1H3,(H,29,34). The lowest BCUT2D eigenvalue weighted by Gasteiger charge is -2.36. The molecule has 2 fully saturated rings. The van der Waals surface area contributed by atoms with Crippen molar-refractivity contribution in [3.8, 4) is 0 Å². The zero-order valence-corrected chi connectivity index (χ0v) is 20.9. The highest BCUT2D eigenvalue weighted by atomic mass is 16.6. The number of rotatable bonds is 7. The van der Waals surface area contributed by atoms with Crippen LogP contribution in [0.3, 0.4) is 0 Å². The molecule has 11 nitrogen and oxygen atoms in total. The number of anilines is 3. The van der Waals surface area contributed by atoms with Crippen LogP contribution in [-0.4, -0.2) is 67.3 Å². The number of nitro groups is 1. The molecule has 2 aromatic carbocycles. The number of cyclic esters (lactones) is 1. The van der Waals surface area contributed by atoms with Gasteiger partial charge in [0.1, 0.15) is 6.10 Å². The molecule has 2 aliphatic heterocycles. The van der Waals surface area contributed by atoms with E-state index in [0.717, 1.165) is 11.3 Å². The maximum Gasteiger partial charge on any atom is 0.414 e. The lowest BCUT2D eigenvalue weighted by Crippen LogP contribution is -2.47. The van der Waals surface area contributed by atoms with Gasteiger partial charge in [0.05, 0.1) is 18.0 Å². The number of nitrogens with one attached hydrogen (secondary N) is 1. The molecule has 196 valence electrons. The number of ether oxygens (including phenoxy) is 1. The summed E-state index contributed by atoms with van der Waals surface area (Å²) in [5, 5.41) is 14.2. The first-order valence-electron chi connectivity index (χ1n) is 12.4. The molecule has 1 unspecified atom stereocenters. The largest absolute Gasteiger partial charge is 0.442 e. The monoisotopic (exact) mass is 516 g/mol. The SMILES string of the molecule is Cc1ccc(C(=O)NCC2CN(c3ccc(N4CCN(c5ncccc5[N+](=O)[O-])CC4)cc3)C(=O)O2)cc1. The van der Waals surface area contributed by atoms with Gasteiger partial charge in [0.2, 0.25) is 5.82 Å². The maximum absolute atomic E-state index is 12.5. The first-order valence-corrected chi connectivity index (χ1v) is 12.4. The number of nitrogens with zero attached hydrogens (tertiary/aromatic N) is 5. The predicted octanol–water partition coefficient (Wildman–Crippen LogP) is 3.38. The molecule has 2 saturated heterocycles. The van der Waals surface area contributed by atoms with E-state index in [1.165, 1.54) is 6.07 Å². The van der Waals surface area contributed by atoms with E-state index >= 15 is 0 Å². The summed E-state index contributed by atoms with van der Waals surface area (Å²) in [5.74, 6) is 0.186. The Kier molecular flexibility index (Phi) is 7.07. The Hall–Kier alpha value is -4.67. The number of hydrogen-bond donors (Lipinski definition) is 1. The fourth-order valence-electron chi connectivity index (χ4n) is 4.65. The molecule has 38 heavy (non-hydrogen) atoms. The van der Waals surface area contributed by atoms with Gasteiger partial charge in [0.25, 0.3) is 5.91 Å². The van der Waals surface area contributed by atoms with E-state index in [1.807, 2.05) is 48.2 Å². The Bertz CT molecular complexity index is 1320. The quantitative estimate of drug-likeness (QED) is 0.375. The summed E-state index contributed by atoms with van der Waals surface area (Å²) >= 11 is 0. The van der Waals surface area contributed by atoms with Crippen LogP contribution in [0.1, 0.15) is 15.9 Å². The van der Waals surface area contributed by atoms with Gasteiger partial charge in [-0.3, -0.25) is 19.8 Å².